The van der Waals surface area contributed by atoms with Crippen LogP contribution in [0.3, 0.4) is 0 Å². The molecule has 0 aromatic heterocycles. The standard InChI is InChI=1S/C59H47N3O6/c63-52-24-12-13-25-53(64)68-51-29-27-39-17-5-9-21-45(39)55(51)57-47-23-11-7-19-41(47)31-43(59(57)66)33-61-49-36-62(34-37-14-2-1-3-15-37)35-48(49)60-32-42-30-40-18-6-10-22-46(40)56(58(42)65)54-44-20-8-4-16-38(44)26-28-50(54)67-52/h1-11,14-23,26-33,48-49,65-66H,12-13,24-25,34-36H2/t48-,49-/m1/s1. The summed E-state index contributed by atoms with van der Waals surface area (Å²) in [5.41, 5.74) is 4.44. The summed E-state index contributed by atoms with van der Waals surface area (Å²) >= 11 is 0. The smallest absolute Gasteiger partial charge is 0.311 e. The van der Waals surface area contributed by atoms with Gasteiger partial charge in [0.05, 0.1) is 12.1 Å². The van der Waals surface area contributed by atoms with E-state index in [4.69, 9.17) is 19.5 Å². The molecule has 1 fully saturated rings. The number of phenols is 2. The molecule has 0 saturated carbocycles. The first-order valence-electron chi connectivity index (χ1n) is 23.1. The number of esters is 2. The first-order valence-corrected chi connectivity index (χ1v) is 23.1. The minimum atomic E-state index is -0.460. The number of phenolic OH excluding ortho intramolecular Hbond substituents is 2. The predicted molar refractivity (Wildman–Crippen MR) is 271 cm³/mol. The van der Waals surface area contributed by atoms with Crippen molar-refractivity contribution in [2.45, 2.75) is 44.3 Å². The summed E-state index contributed by atoms with van der Waals surface area (Å²) in [5, 5.41) is 31.8. The lowest BCUT2D eigenvalue weighted by molar-refractivity contribution is -0.136. The fourth-order valence-corrected chi connectivity index (χ4v) is 9.96. The minimum Gasteiger partial charge on any atom is -0.507 e. The Morgan fingerprint density at radius 3 is 1.32 bits per heavy atom. The van der Waals surface area contributed by atoms with Gasteiger partial charge < -0.3 is 19.7 Å². The molecule has 0 spiro atoms. The third-order valence-corrected chi connectivity index (χ3v) is 13.2. The molecule has 1 saturated heterocycles. The molecule has 0 radical (unpaired) electrons. The minimum absolute atomic E-state index is 0.00896. The van der Waals surface area contributed by atoms with Crippen LogP contribution < -0.4 is 9.47 Å². The lowest BCUT2D eigenvalue weighted by atomic mass is 9.90. The fraction of sp³-hybridized carbons (Fsp3) is 0.153. The molecule has 2 aliphatic heterocycles. The van der Waals surface area contributed by atoms with Crippen LogP contribution in [0.25, 0.3) is 65.3 Å². The monoisotopic (exact) mass is 893 g/mol. The van der Waals surface area contributed by atoms with Crippen molar-refractivity contribution >= 4 is 67.5 Å². The Morgan fingerprint density at radius 2 is 0.868 bits per heavy atom. The summed E-state index contributed by atoms with van der Waals surface area (Å²) in [4.78, 5) is 40.3. The molecule has 68 heavy (non-hydrogen) atoms. The van der Waals surface area contributed by atoms with Crippen LogP contribution >= 0.6 is 0 Å². The van der Waals surface area contributed by atoms with Crippen molar-refractivity contribution in [3.8, 4) is 45.3 Å². The lowest BCUT2D eigenvalue weighted by Crippen LogP contribution is -2.21. The van der Waals surface area contributed by atoms with Gasteiger partial charge in [0.15, 0.2) is 0 Å². The molecular formula is C59H47N3O6. The number of carbonyl (C=O) groups is 2. The second-order valence-corrected chi connectivity index (χ2v) is 17.7. The van der Waals surface area contributed by atoms with E-state index < -0.39 is 11.9 Å². The molecule has 2 N–H and O–H groups in total. The van der Waals surface area contributed by atoms with Crippen LogP contribution in [0.15, 0.2) is 174 Å². The van der Waals surface area contributed by atoms with Gasteiger partial charge in [0, 0.05) is 78.3 Å². The van der Waals surface area contributed by atoms with Gasteiger partial charge in [0.25, 0.3) is 0 Å². The highest BCUT2D eigenvalue weighted by molar-refractivity contribution is 6.14. The summed E-state index contributed by atoms with van der Waals surface area (Å²) in [6.45, 7) is 1.89. The highest BCUT2D eigenvalue weighted by atomic mass is 16.5. The van der Waals surface area contributed by atoms with Gasteiger partial charge in [0.1, 0.15) is 23.0 Å². The zero-order valence-electron chi connectivity index (χ0n) is 37.2. The van der Waals surface area contributed by atoms with Crippen LogP contribution in [0, 0.1) is 0 Å². The van der Waals surface area contributed by atoms with Crippen molar-refractivity contribution in [1.82, 2.24) is 4.90 Å². The second kappa shape index (κ2) is 18.3. The number of rotatable bonds is 2. The molecule has 334 valence electrons. The molecule has 9 nitrogen and oxygen atoms in total. The molecule has 0 aliphatic carbocycles. The zero-order valence-corrected chi connectivity index (χ0v) is 37.2. The zero-order chi connectivity index (χ0) is 46.1. The molecular weight excluding hydrogens is 847 g/mol. The van der Waals surface area contributed by atoms with Gasteiger partial charge in [-0.1, -0.05) is 140 Å². The maximum absolute atomic E-state index is 13.7. The third-order valence-electron chi connectivity index (χ3n) is 13.2. The highest BCUT2D eigenvalue weighted by Crippen LogP contribution is 2.48. The van der Waals surface area contributed by atoms with E-state index in [9.17, 15) is 19.8 Å². The van der Waals surface area contributed by atoms with Crippen LogP contribution in [0.4, 0.5) is 0 Å². The van der Waals surface area contributed by atoms with E-state index in [1.807, 2.05) is 140 Å². The van der Waals surface area contributed by atoms with Gasteiger partial charge in [-0.3, -0.25) is 24.5 Å². The Bertz CT molecular complexity index is 3280. The summed E-state index contributed by atoms with van der Waals surface area (Å²) in [6.07, 6.45) is 4.35. The number of aliphatic imine (C=N–C) groups is 2. The molecule has 2 atom stereocenters. The number of hydrogen-bond acceptors (Lipinski definition) is 9. The van der Waals surface area contributed by atoms with E-state index in [1.165, 1.54) is 5.56 Å². The first kappa shape index (κ1) is 42.5. The summed E-state index contributed by atoms with van der Waals surface area (Å²) in [6, 6.07) is 52.3. The number of aromatic hydroxyl groups is 2. The van der Waals surface area contributed by atoms with Gasteiger partial charge in [-0.25, -0.2) is 0 Å². The third kappa shape index (κ3) is 8.22. The van der Waals surface area contributed by atoms with Gasteiger partial charge >= 0.3 is 11.9 Å². The number of ether oxygens (including phenoxy) is 2. The molecule has 0 unspecified atom stereocenters. The Hall–Kier alpha value is -8.14. The Labute approximate surface area is 393 Å². The van der Waals surface area contributed by atoms with E-state index in [0.29, 0.717) is 77.4 Å². The van der Waals surface area contributed by atoms with Crippen molar-refractivity contribution in [3.63, 3.8) is 0 Å². The molecule has 4 bridgehead atoms. The Morgan fingerprint density at radius 1 is 0.471 bits per heavy atom. The van der Waals surface area contributed by atoms with Crippen molar-refractivity contribution in [2.75, 3.05) is 13.1 Å². The lowest BCUT2D eigenvalue weighted by Gasteiger charge is -2.19. The van der Waals surface area contributed by atoms with Crippen LogP contribution in [0.1, 0.15) is 42.4 Å². The predicted octanol–water partition coefficient (Wildman–Crippen LogP) is 12.2. The van der Waals surface area contributed by atoms with E-state index in [2.05, 4.69) is 17.0 Å². The van der Waals surface area contributed by atoms with Gasteiger partial charge in [0.2, 0.25) is 0 Å². The number of benzene rings is 9. The van der Waals surface area contributed by atoms with E-state index >= 15 is 0 Å². The number of fused-ring (bicyclic) bond motifs is 17. The van der Waals surface area contributed by atoms with Crippen molar-refractivity contribution in [1.29, 1.82) is 0 Å². The fourth-order valence-electron chi connectivity index (χ4n) is 9.96. The Kier molecular flexibility index (Phi) is 11.4. The van der Waals surface area contributed by atoms with Crippen LogP contribution in [0.5, 0.6) is 23.0 Å². The van der Waals surface area contributed by atoms with Crippen molar-refractivity contribution in [2.24, 2.45) is 9.98 Å². The number of likely N-dealkylation sites (tertiary alicyclic amines) is 1. The molecule has 9 aromatic carbocycles. The van der Waals surface area contributed by atoms with Gasteiger partial charge in [-0.2, -0.15) is 0 Å². The molecule has 2 heterocycles. The molecule has 9 heteroatoms. The van der Waals surface area contributed by atoms with Gasteiger partial charge in [-0.15, -0.1) is 0 Å². The average Bonchev–Trinajstić information content (AvgIpc) is 3.75. The number of hydrogen-bond donors (Lipinski definition) is 2. The average molecular weight is 894 g/mol. The van der Waals surface area contributed by atoms with Gasteiger partial charge in [-0.05, 0) is 85.8 Å². The van der Waals surface area contributed by atoms with Crippen LogP contribution in [-0.4, -0.2) is 64.7 Å². The number of nitrogens with zero attached hydrogens (tertiary/aromatic N) is 3. The molecule has 2 aliphatic rings. The SMILES string of the molecule is O=C1CCCCC(=O)Oc2ccc3ccccc3c2-c2c(O)c(cc3ccccc23)C=N[C@@H]2CN(Cc3ccccc3)C[C@H]2N=Cc2cc3ccccc3c(c2O)-c2c(ccc3ccccc23)O1. The van der Waals surface area contributed by atoms with E-state index in [1.54, 1.807) is 24.6 Å². The maximum atomic E-state index is 13.7. The van der Waals surface area contributed by atoms with E-state index in [-0.39, 0.29) is 36.4 Å². The largest absolute Gasteiger partial charge is 0.507 e. The van der Waals surface area contributed by atoms with Crippen molar-refractivity contribution < 1.29 is 29.3 Å². The summed E-state index contributed by atoms with van der Waals surface area (Å²) in [7, 11) is 0. The highest BCUT2D eigenvalue weighted by Gasteiger charge is 2.33. The molecule has 9 aromatic rings. The van der Waals surface area contributed by atoms with Crippen molar-refractivity contribution in [3.05, 3.63) is 180 Å². The van der Waals surface area contributed by atoms with Crippen LogP contribution in [0.2, 0.25) is 0 Å². The maximum Gasteiger partial charge on any atom is 0.311 e. The first-order chi connectivity index (χ1) is 33.4. The summed E-state index contributed by atoms with van der Waals surface area (Å²) in [5.74, 6) is -0.261. The molecule has 11 rings (SSSR count). The quantitative estimate of drug-likeness (QED) is 0.131. The second-order valence-electron chi connectivity index (χ2n) is 17.7. The van der Waals surface area contributed by atoms with E-state index in [0.717, 1.165) is 43.1 Å². The Balaban J connectivity index is 1.08. The summed E-state index contributed by atoms with van der Waals surface area (Å²) < 4.78 is 12.4. The topological polar surface area (TPSA) is 121 Å². The molecule has 0 amide bonds. The number of carbonyl (C=O) groups excluding carboxylic acids is 2. The normalized spacial score (nSPS) is 17.1. The van der Waals surface area contributed by atoms with Crippen LogP contribution in [-0.2, 0) is 16.1 Å².